The van der Waals surface area contributed by atoms with E-state index in [-0.39, 0.29) is 11.6 Å². The van der Waals surface area contributed by atoms with E-state index in [1.54, 1.807) is 12.1 Å². The quantitative estimate of drug-likeness (QED) is 0.567. The molecule has 0 aliphatic rings. The van der Waals surface area contributed by atoms with Gasteiger partial charge in [0.15, 0.2) is 5.78 Å². The van der Waals surface area contributed by atoms with Crippen molar-refractivity contribution in [1.82, 2.24) is 0 Å². The van der Waals surface area contributed by atoms with E-state index in [2.05, 4.69) is 13.8 Å². The Labute approximate surface area is 100 Å². The van der Waals surface area contributed by atoms with Crippen LogP contribution in [0.4, 0.5) is 4.39 Å². The van der Waals surface area contributed by atoms with Crippen molar-refractivity contribution in [2.75, 3.05) is 5.75 Å². The normalized spacial score (nSPS) is 10.8. The van der Waals surface area contributed by atoms with Crippen molar-refractivity contribution in [2.24, 2.45) is 5.92 Å². The minimum Gasteiger partial charge on any atom is -0.294 e. The van der Waals surface area contributed by atoms with Crippen LogP contribution in [0.2, 0.25) is 0 Å². The molecule has 0 amide bonds. The molecule has 0 spiro atoms. The molecule has 0 heterocycles. The maximum Gasteiger partial charge on any atom is 0.161 e. The van der Waals surface area contributed by atoms with Crippen LogP contribution in [0.5, 0.6) is 0 Å². The summed E-state index contributed by atoms with van der Waals surface area (Å²) < 4.78 is 13.6. The first-order valence-corrected chi connectivity index (χ1v) is 6.43. The van der Waals surface area contributed by atoms with Crippen LogP contribution in [-0.2, 0) is 0 Å². The maximum absolute atomic E-state index is 13.6. The minimum absolute atomic E-state index is 0.0773. The number of Topliss-reactive ketones (excluding diaryl/α,β-unsaturated/α-hetero) is 1. The highest BCUT2D eigenvalue weighted by Gasteiger charge is 2.12. The first kappa shape index (κ1) is 13.2. The molecular formula is C13H17FOS. The predicted molar refractivity (Wildman–Crippen MR) is 66.6 cm³/mol. The molecule has 1 aromatic rings. The molecule has 1 rings (SSSR count). The molecule has 1 nitrogen and oxygen atoms in total. The molecule has 0 aliphatic carbocycles. The second-order valence-corrected chi connectivity index (χ2v) is 5.31. The lowest BCUT2D eigenvalue weighted by Gasteiger charge is -2.08. The topological polar surface area (TPSA) is 17.1 Å². The summed E-state index contributed by atoms with van der Waals surface area (Å²) in [5.74, 6) is 1.08. The highest BCUT2D eigenvalue weighted by atomic mass is 32.2. The van der Waals surface area contributed by atoms with E-state index in [1.807, 2.05) is 0 Å². The molecule has 0 aromatic heterocycles. The molecule has 0 atom stereocenters. The van der Waals surface area contributed by atoms with Crippen molar-refractivity contribution in [3.05, 3.63) is 29.6 Å². The van der Waals surface area contributed by atoms with E-state index in [0.29, 0.717) is 16.4 Å². The van der Waals surface area contributed by atoms with Gasteiger partial charge in [-0.15, -0.1) is 11.8 Å². The third-order valence-electron chi connectivity index (χ3n) is 2.29. The standard InChI is InChI=1S/C13H17FOS/c1-9(2)7-8-16-13-11(10(3)15)5-4-6-12(13)14/h4-6,9H,7-8H2,1-3H3. The lowest BCUT2D eigenvalue weighted by Crippen LogP contribution is -1.99. The molecule has 0 fully saturated rings. The predicted octanol–water partition coefficient (Wildman–Crippen LogP) is 4.17. The van der Waals surface area contributed by atoms with Gasteiger partial charge in [-0.3, -0.25) is 4.79 Å². The highest BCUT2D eigenvalue weighted by Crippen LogP contribution is 2.27. The van der Waals surface area contributed by atoms with Gasteiger partial charge in [0.1, 0.15) is 5.82 Å². The smallest absolute Gasteiger partial charge is 0.161 e. The van der Waals surface area contributed by atoms with Crippen LogP contribution in [0, 0.1) is 11.7 Å². The van der Waals surface area contributed by atoms with Crippen molar-refractivity contribution >= 4 is 17.5 Å². The van der Waals surface area contributed by atoms with Crippen molar-refractivity contribution in [2.45, 2.75) is 32.1 Å². The molecule has 0 N–H and O–H groups in total. The number of hydrogen-bond acceptors (Lipinski definition) is 2. The van der Waals surface area contributed by atoms with Gasteiger partial charge in [-0.25, -0.2) is 4.39 Å². The molecule has 88 valence electrons. The molecule has 0 unspecified atom stereocenters. The molecule has 3 heteroatoms. The van der Waals surface area contributed by atoms with Gasteiger partial charge in [-0.1, -0.05) is 26.0 Å². The van der Waals surface area contributed by atoms with Crippen LogP contribution in [0.25, 0.3) is 0 Å². The number of ketones is 1. The number of rotatable bonds is 5. The Balaban J connectivity index is 2.80. The lowest BCUT2D eigenvalue weighted by molar-refractivity contribution is 0.101. The fraction of sp³-hybridized carbons (Fsp3) is 0.462. The molecule has 1 aromatic carbocycles. The molecule has 16 heavy (non-hydrogen) atoms. The Kier molecular flexibility index (Phi) is 5.00. The Hall–Kier alpha value is -0.830. The fourth-order valence-electron chi connectivity index (χ4n) is 1.33. The van der Waals surface area contributed by atoms with Crippen molar-refractivity contribution < 1.29 is 9.18 Å². The van der Waals surface area contributed by atoms with Gasteiger partial charge < -0.3 is 0 Å². The summed E-state index contributed by atoms with van der Waals surface area (Å²) in [5.41, 5.74) is 0.494. The third-order valence-corrected chi connectivity index (χ3v) is 3.43. The number of carbonyl (C=O) groups excluding carboxylic acids is 1. The first-order chi connectivity index (χ1) is 7.52. The van der Waals surface area contributed by atoms with Gasteiger partial charge >= 0.3 is 0 Å². The molecule has 0 saturated heterocycles. The summed E-state index contributed by atoms with van der Waals surface area (Å²) >= 11 is 1.43. The maximum atomic E-state index is 13.6. The Bertz CT molecular complexity index is 374. The van der Waals surface area contributed by atoms with Crippen LogP contribution in [0.1, 0.15) is 37.6 Å². The zero-order chi connectivity index (χ0) is 12.1. The number of carbonyl (C=O) groups is 1. The number of hydrogen-bond donors (Lipinski definition) is 0. The SMILES string of the molecule is CC(=O)c1cccc(F)c1SCCC(C)C. The molecule has 0 aliphatic heterocycles. The highest BCUT2D eigenvalue weighted by molar-refractivity contribution is 7.99. The molecule has 0 bridgehead atoms. The number of thioether (sulfide) groups is 1. The Morgan fingerprint density at radius 2 is 2.12 bits per heavy atom. The molecular weight excluding hydrogens is 223 g/mol. The summed E-state index contributed by atoms with van der Waals surface area (Å²) in [4.78, 5) is 11.8. The molecule has 0 radical (unpaired) electrons. The van der Waals surface area contributed by atoms with E-state index in [9.17, 15) is 9.18 Å². The van der Waals surface area contributed by atoms with E-state index >= 15 is 0 Å². The van der Waals surface area contributed by atoms with Crippen LogP contribution < -0.4 is 0 Å². The zero-order valence-corrected chi connectivity index (χ0v) is 10.7. The largest absolute Gasteiger partial charge is 0.294 e. The van der Waals surface area contributed by atoms with Crippen molar-refractivity contribution in [3.8, 4) is 0 Å². The zero-order valence-electron chi connectivity index (χ0n) is 9.92. The third kappa shape index (κ3) is 3.63. The summed E-state index contributed by atoms with van der Waals surface area (Å²) in [6.45, 7) is 5.74. The van der Waals surface area contributed by atoms with Gasteiger partial charge in [-0.05, 0) is 31.1 Å². The van der Waals surface area contributed by atoms with Crippen molar-refractivity contribution in [3.63, 3.8) is 0 Å². The summed E-state index contributed by atoms with van der Waals surface area (Å²) in [6, 6.07) is 4.67. The fourth-order valence-corrected chi connectivity index (χ4v) is 2.70. The Morgan fingerprint density at radius 1 is 1.44 bits per heavy atom. The lowest BCUT2D eigenvalue weighted by atomic mass is 10.1. The monoisotopic (exact) mass is 240 g/mol. The minimum atomic E-state index is -0.290. The summed E-state index contributed by atoms with van der Waals surface area (Å²) in [5, 5.41) is 0. The number of halogens is 1. The average Bonchev–Trinajstić information content (AvgIpc) is 2.19. The van der Waals surface area contributed by atoms with Crippen LogP contribution in [0.3, 0.4) is 0 Å². The van der Waals surface area contributed by atoms with Gasteiger partial charge in [0, 0.05) is 5.56 Å². The van der Waals surface area contributed by atoms with Gasteiger partial charge in [0.05, 0.1) is 4.90 Å². The van der Waals surface area contributed by atoms with Crippen LogP contribution in [-0.4, -0.2) is 11.5 Å². The van der Waals surface area contributed by atoms with E-state index in [1.165, 1.54) is 24.8 Å². The first-order valence-electron chi connectivity index (χ1n) is 5.44. The van der Waals surface area contributed by atoms with Crippen LogP contribution >= 0.6 is 11.8 Å². The second kappa shape index (κ2) is 6.04. The summed E-state index contributed by atoms with van der Waals surface area (Å²) in [7, 11) is 0. The van der Waals surface area contributed by atoms with E-state index in [0.717, 1.165) is 12.2 Å². The van der Waals surface area contributed by atoms with Crippen LogP contribution in [0.15, 0.2) is 23.1 Å². The van der Waals surface area contributed by atoms with Gasteiger partial charge in [0.25, 0.3) is 0 Å². The van der Waals surface area contributed by atoms with E-state index in [4.69, 9.17) is 0 Å². The Morgan fingerprint density at radius 3 is 2.69 bits per heavy atom. The number of benzene rings is 1. The summed E-state index contributed by atoms with van der Waals surface area (Å²) in [6.07, 6.45) is 1.02. The van der Waals surface area contributed by atoms with E-state index < -0.39 is 0 Å². The molecule has 0 saturated carbocycles. The average molecular weight is 240 g/mol. The van der Waals surface area contributed by atoms with Gasteiger partial charge in [-0.2, -0.15) is 0 Å². The van der Waals surface area contributed by atoms with Gasteiger partial charge in [0.2, 0.25) is 0 Å². The second-order valence-electron chi connectivity index (χ2n) is 4.20. The van der Waals surface area contributed by atoms with Crippen molar-refractivity contribution in [1.29, 1.82) is 0 Å².